The number of nitrogens with two attached hydrogens (primary N) is 1. The summed E-state index contributed by atoms with van der Waals surface area (Å²) in [5, 5.41) is 9.22. The zero-order chi connectivity index (χ0) is 11.5. The molecule has 0 aliphatic carbocycles. The van der Waals surface area contributed by atoms with Crippen molar-refractivity contribution >= 4 is 5.78 Å². The molecule has 0 saturated carbocycles. The zero-order valence-electron chi connectivity index (χ0n) is 9.16. The van der Waals surface area contributed by atoms with Gasteiger partial charge >= 0.3 is 0 Å². The fourth-order valence-corrected chi connectivity index (χ4v) is 1.46. The van der Waals surface area contributed by atoms with Gasteiger partial charge in [-0.1, -0.05) is 12.1 Å². The molecule has 0 atom stereocenters. The minimum Gasteiger partial charge on any atom is -0.508 e. The third-order valence-electron chi connectivity index (χ3n) is 1.96. The molecule has 0 saturated heterocycles. The predicted molar refractivity (Wildman–Crippen MR) is 59.7 cm³/mol. The second-order valence-corrected chi connectivity index (χ2v) is 4.55. The zero-order valence-corrected chi connectivity index (χ0v) is 9.16. The van der Waals surface area contributed by atoms with Gasteiger partial charge in [0.15, 0.2) is 0 Å². The van der Waals surface area contributed by atoms with Crippen LogP contribution in [0.4, 0.5) is 0 Å². The van der Waals surface area contributed by atoms with E-state index in [1.165, 1.54) is 0 Å². The van der Waals surface area contributed by atoms with Crippen molar-refractivity contribution in [1.82, 2.24) is 0 Å². The quantitative estimate of drug-likeness (QED) is 0.788. The summed E-state index contributed by atoms with van der Waals surface area (Å²) in [6.45, 7) is 3.65. The fourth-order valence-electron chi connectivity index (χ4n) is 1.46. The Bertz CT molecular complexity index is 353. The Labute approximate surface area is 89.9 Å². The summed E-state index contributed by atoms with van der Waals surface area (Å²) >= 11 is 0. The van der Waals surface area contributed by atoms with E-state index >= 15 is 0 Å². The normalized spacial score (nSPS) is 11.4. The summed E-state index contributed by atoms with van der Waals surface area (Å²) in [7, 11) is 0. The maximum atomic E-state index is 11.6. The first kappa shape index (κ1) is 11.7. The van der Waals surface area contributed by atoms with E-state index < -0.39 is 5.54 Å². The number of aromatic hydroxyl groups is 1. The molecular formula is C12H17NO2. The van der Waals surface area contributed by atoms with Gasteiger partial charge in [0.25, 0.3) is 0 Å². The molecule has 3 N–H and O–H groups in total. The molecule has 0 fully saturated rings. The van der Waals surface area contributed by atoms with Gasteiger partial charge in [-0.25, -0.2) is 0 Å². The van der Waals surface area contributed by atoms with Gasteiger partial charge in [0.2, 0.25) is 0 Å². The highest BCUT2D eigenvalue weighted by Gasteiger charge is 2.16. The van der Waals surface area contributed by atoms with E-state index in [2.05, 4.69) is 0 Å². The third kappa shape index (κ3) is 4.61. The molecule has 3 nitrogen and oxygen atoms in total. The molecule has 0 radical (unpaired) electrons. The van der Waals surface area contributed by atoms with E-state index in [1.54, 1.807) is 18.2 Å². The standard InChI is InChI=1S/C12H17NO2/c1-12(2,13)8-11(15)7-9-4-3-5-10(14)6-9/h3-6,14H,7-8,13H2,1-2H3. The molecule has 0 amide bonds. The highest BCUT2D eigenvalue weighted by molar-refractivity contribution is 5.81. The largest absolute Gasteiger partial charge is 0.508 e. The molecule has 0 heterocycles. The summed E-state index contributed by atoms with van der Waals surface area (Å²) in [4.78, 5) is 11.6. The van der Waals surface area contributed by atoms with Crippen LogP contribution in [0.15, 0.2) is 24.3 Å². The van der Waals surface area contributed by atoms with Gasteiger partial charge in [0, 0.05) is 18.4 Å². The van der Waals surface area contributed by atoms with Gasteiger partial charge in [0.1, 0.15) is 11.5 Å². The molecule has 0 aromatic heterocycles. The van der Waals surface area contributed by atoms with Crippen molar-refractivity contribution in [3.05, 3.63) is 29.8 Å². The van der Waals surface area contributed by atoms with Crippen molar-refractivity contribution in [2.24, 2.45) is 5.73 Å². The molecule has 0 aliphatic heterocycles. The molecule has 1 rings (SSSR count). The van der Waals surface area contributed by atoms with Crippen LogP contribution in [0.2, 0.25) is 0 Å². The lowest BCUT2D eigenvalue weighted by atomic mass is 9.96. The van der Waals surface area contributed by atoms with Crippen molar-refractivity contribution in [2.45, 2.75) is 32.2 Å². The van der Waals surface area contributed by atoms with Crippen LogP contribution >= 0.6 is 0 Å². The Morgan fingerprint density at radius 1 is 1.47 bits per heavy atom. The van der Waals surface area contributed by atoms with Crippen LogP contribution in [-0.4, -0.2) is 16.4 Å². The van der Waals surface area contributed by atoms with Crippen LogP contribution in [0.1, 0.15) is 25.8 Å². The first-order chi connectivity index (χ1) is 6.87. The number of benzene rings is 1. The maximum absolute atomic E-state index is 11.6. The first-order valence-corrected chi connectivity index (χ1v) is 4.95. The van der Waals surface area contributed by atoms with Crippen molar-refractivity contribution in [3.63, 3.8) is 0 Å². The summed E-state index contributed by atoms with van der Waals surface area (Å²) in [5.41, 5.74) is 6.11. The molecule has 15 heavy (non-hydrogen) atoms. The maximum Gasteiger partial charge on any atom is 0.139 e. The van der Waals surface area contributed by atoms with E-state index in [1.807, 2.05) is 19.9 Å². The van der Waals surface area contributed by atoms with Crippen LogP contribution in [0.3, 0.4) is 0 Å². The number of carbonyl (C=O) groups excluding carboxylic acids is 1. The Balaban J connectivity index is 2.59. The summed E-state index contributed by atoms with van der Waals surface area (Å²) in [6.07, 6.45) is 0.678. The van der Waals surface area contributed by atoms with Crippen LogP contribution in [0.25, 0.3) is 0 Å². The SMILES string of the molecule is CC(C)(N)CC(=O)Cc1cccc(O)c1. The molecule has 0 aliphatic rings. The number of Topliss-reactive ketones (excluding diaryl/α,β-unsaturated/α-hetero) is 1. The first-order valence-electron chi connectivity index (χ1n) is 4.95. The summed E-state index contributed by atoms with van der Waals surface area (Å²) in [5.74, 6) is 0.278. The number of hydrogen-bond donors (Lipinski definition) is 2. The second kappa shape index (κ2) is 4.45. The van der Waals surface area contributed by atoms with Gasteiger partial charge < -0.3 is 10.8 Å². The predicted octanol–water partition coefficient (Wildman–Crippen LogP) is 1.63. The topological polar surface area (TPSA) is 63.3 Å². The molecule has 0 unspecified atom stereocenters. The Morgan fingerprint density at radius 3 is 2.67 bits per heavy atom. The van der Waals surface area contributed by atoms with E-state index in [-0.39, 0.29) is 11.5 Å². The Hall–Kier alpha value is -1.35. The van der Waals surface area contributed by atoms with Crippen LogP contribution < -0.4 is 5.73 Å². The lowest BCUT2D eigenvalue weighted by Crippen LogP contribution is -2.35. The number of ketones is 1. The van der Waals surface area contributed by atoms with Crippen molar-refractivity contribution in [3.8, 4) is 5.75 Å². The molecule has 82 valence electrons. The van der Waals surface area contributed by atoms with Gasteiger partial charge in [-0.3, -0.25) is 4.79 Å². The van der Waals surface area contributed by atoms with Crippen molar-refractivity contribution in [1.29, 1.82) is 0 Å². The van der Waals surface area contributed by atoms with E-state index in [4.69, 9.17) is 5.73 Å². The molecule has 1 aromatic rings. The van der Waals surface area contributed by atoms with Crippen LogP contribution in [0, 0.1) is 0 Å². The second-order valence-electron chi connectivity index (χ2n) is 4.55. The van der Waals surface area contributed by atoms with Crippen molar-refractivity contribution < 1.29 is 9.90 Å². The number of carbonyl (C=O) groups is 1. The highest BCUT2D eigenvalue weighted by atomic mass is 16.3. The highest BCUT2D eigenvalue weighted by Crippen LogP contribution is 2.13. The van der Waals surface area contributed by atoms with Gasteiger partial charge in [0.05, 0.1) is 0 Å². The molecular weight excluding hydrogens is 190 g/mol. The lowest BCUT2D eigenvalue weighted by Gasteiger charge is -2.16. The number of phenolic OH excluding ortho intramolecular Hbond substituents is 1. The minimum atomic E-state index is -0.464. The minimum absolute atomic E-state index is 0.0908. The monoisotopic (exact) mass is 207 g/mol. The van der Waals surface area contributed by atoms with E-state index in [9.17, 15) is 9.90 Å². The average molecular weight is 207 g/mol. The molecule has 0 bridgehead atoms. The Kier molecular flexibility index (Phi) is 3.48. The average Bonchev–Trinajstić information content (AvgIpc) is 1.99. The van der Waals surface area contributed by atoms with E-state index in [0.717, 1.165) is 5.56 Å². The fraction of sp³-hybridized carbons (Fsp3) is 0.417. The van der Waals surface area contributed by atoms with Crippen molar-refractivity contribution in [2.75, 3.05) is 0 Å². The Morgan fingerprint density at radius 2 is 2.13 bits per heavy atom. The third-order valence-corrected chi connectivity index (χ3v) is 1.96. The lowest BCUT2D eigenvalue weighted by molar-refractivity contribution is -0.119. The van der Waals surface area contributed by atoms with E-state index in [0.29, 0.717) is 12.8 Å². The smallest absolute Gasteiger partial charge is 0.139 e. The van der Waals surface area contributed by atoms with Crippen LogP contribution in [0.5, 0.6) is 5.75 Å². The van der Waals surface area contributed by atoms with Crippen LogP contribution in [-0.2, 0) is 11.2 Å². The number of phenols is 1. The summed E-state index contributed by atoms with van der Waals surface area (Å²) < 4.78 is 0. The molecule has 3 heteroatoms. The molecule has 0 spiro atoms. The number of rotatable bonds is 4. The summed E-state index contributed by atoms with van der Waals surface area (Å²) in [6, 6.07) is 6.73. The molecule has 1 aromatic carbocycles. The van der Waals surface area contributed by atoms with Gasteiger partial charge in [-0.15, -0.1) is 0 Å². The van der Waals surface area contributed by atoms with Gasteiger partial charge in [-0.05, 0) is 31.5 Å². The number of hydrogen-bond acceptors (Lipinski definition) is 3. The van der Waals surface area contributed by atoms with Gasteiger partial charge in [-0.2, -0.15) is 0 Å².